The molecule has 0 aromatic heterocycles. The van der Waals surface area contributed by atoms with Gasteiger partial charge in [-0.25, -0.2) is 4.39 Å². The third-order valence-corrected chi connectivity index (χ3v) is 4.91. The molecule has 130 valence electrons. The first-order valence-electron chi connectivity index (χ1n) is 8.71. The third-order valence-electron chi connectivity index (χ3n) is 4.91. The van der Waals surface area contributed by atoms with E-state index >= 15 is 0 Å². The number of piperazine rings is 1. The second-order valence-electron chi connectivity index (χ2n) is 6.58. The Morgan fingerprint density at radius 1 is 1.28 bits per heavy atom. The molecule has 0 radical (unpaired) electrons. The number of carbonyl (C=O) groups excluding carboxylic acids is 1. The minimum absolute atomic E-state index is 0.0784. The third kappa shape index (κ3) is 3.37. The van der Waals surface area contributed by atoms with E-state index in [0.717, 1.165) is 29.8 Å². The van der Waals surface area contributed by atoms with Gasteiger partial charge >= 0.3 is 0 Å². The SMILES string of the molecule is O=C(Cc1ccc2c(c1)CCO2)N1CCNCC1c1cccc(F)c1. The normalized spacial score (nSPS) is 19.4. The number of ether oxygens (including phenoxy) is 1. The van der Waals surface area contributed by atoms with Crippen LogP contribution in [0.25, 0.3) is 0 Å². The number of hydrogen-bond acceptors (Lipinski definition) is 3. The molecule has 0 bridgehead atoms. The molecule has 4 nitrogen and oxygen atoms in total. The molecule has 1 amide bonds. The van der Waals surface area contributed by atoms with Gasteiger partial charge in [0.25, 0.3) is 0 Å². The molecule has 2 aliphatic rings. The quantitative estimate of drug-likeness (QED) is 0.933. The van der Waals surface area contributed by atoms with Crippen molar-refractivity contribution < 1.29 is 13.9 Å². The van der Waals surface area contributed by atoms with Crippen LogP contribution in [0, 0.1) is 5.82 Å². The fraction of sp³-hybridized carbons (Fsp3) is 0.350. The Labute approximate surface area is 146 Å². The Hall–Kier alpha value is -2.40. The summed E-state index contributed by atoms with van der Waals surface area (Å²) in [6, 6.07) is 12.4. The largest absolute Gasteiger partial charge is 0.493 e. The summed E-state index contributed by atoms with van der Waals surface area (Å²) in [4.78, 5) is 14.8. The lowest BCUT2D eigenvalue weighted by Gasteiger charge is -2.36. The number of nitrogens with one attached hydrogen (secondary N) is 1. The molecule has 2 aromatic carbocycles. The Morgan fingerprint density at radius 2 is 2.20 bits per heavy atom. The van der Waals surface area contributed by atoms with Crippen LogP contribution in [0.15, 0.2) is 42.5 Å². The van der Waals surface area contributed by atoms with E-state index in [9.17, 15) is 9.18 Å². The van der Waals surface area contributed by atoms with Crippen LogP contribution in [-0.2, 0) is 17.6 Å². The molecule has 0 saturated carbocycles. The lowest BCUT2D eigenvalue weighted by Crippen LogP contribution is -2.49. The van der Waals surface area contributed by atoms with E-state index in [-0.39, 0.29) is 17.8 Å². The Bertz CT molecular complexity index is 793. The molecule has 1 atom stereocenters. The van der Waals surface area contributed by atoms with Crippen LogP contribution in [0.2, 0.25) is 0 Å². The highest BCUT2D eigenvalue weighted by atomic mass is 19.1. The van der Waals surface area contributed by atoms with Gasteiger partial charge in [0.1, 0.15) is 11.6 Å². The summed E-state index contributed by atoms with van der Waals surface area (Å²) in [6.07, 6.45) is 1.26. The monoisotopic (exact) mass is 340 g/mol. The zero-order chi connectivity index (χ0) is 17.2. The van der Waals surface area contributed by atoms with Crippen molar-refractivity contribution in [1.82, 2.24) is 10.2 Å². The first-order chi connectivity index (χ1) is 12.2. The maximum absolute atomic E-state index is 13.6. The van der Waals surface area contributed by atoms with Gasteiger partial charge in [-0.1, -0.05) is 24.3 Å². The maximum Gasteiger partial charge on any atom is 0.227 e. The number of carbonyl (C=O) groups is 1. The van der Waals surface area contributed by atoms with Gasteiger partial charge < -0.3 is 15.0 Å². The second kappa shape index (κ2) is 6.84. The van der Waals surface area contributed by atoms with Gasteiger partial charge in [0.05, 0.1) is 19.1 Å². The van der Waals surface area contributed by atoms with Crippen molar-refractivity contribution in [2.75, 3.05) is 26.2 Å². The van der Waals surface area contributed by atoms with Gasteiger partial charge in [0.2, 0.25) is 5.91 Å². The topological polar surface area (TPSA) is 41.6 Å². The Balaban J connectivity index is 1.53. The molecule has 5 heteroatoms. The number of fused-ring (bicyclic) bond motifs is 1. The van der Waals surface area contributed by atoms with Crippen molar-refractivity contribution in [3.63, 3.8) is 0 Å². The van der Waals surface area contributed by atoms with E-state index in [2.05, 4.69) is 11.4 Å². The summed E-state index contributed by atoms with van der Waals surface area (Å²) in [6.45, 7) is 2.75. The van der Waals surface area contributed by atoms with Crippen LogP contribution in [0.4, 0.5) is 4.39 Å². The highest BCUT2D eigenvalue weighted by molar-refractivity contribution is 5.79. The van der Waals surface area contributed by atoms with Crippen LogP contribution >= 0.6 is 0 Å². The fourth-order valence-corrected chi connectivity index (χ4v) is 3.64. The molecule has 1 fully saturated rings. The first kappa shape index (κ1) is 16.1. The van der Waals surface area contributed by atoms with Crippen molar-refractivity contribution in [2.45, 2.75) is 18.9 Å². The van der Waals surface area contributed by atoms with Crippen molar-refractivity contribution in [3.8, 4) is 5.75 Å². The minimum atomic E-state index is -0.269. The Morgan fingerprint density at radius 3 is 3.08 bits per heavy atom. The molecule has 1 saturated heterocycles. The van der Waals surface area contributed by atoms with E-state index in [1.54, 1.807) is 6.07 Å². The molecule has 25 heavy (non-hydrogen) atoms. The Kier molecular flexibility index (Phi) is 4.40. The highest BCUT2D eigenvalue weighted by Crippen LogP contribution is 2.27. The smallest absolute Gasteiger partial charge is 0.227 e. The molecule has 4 rings (SSSR count). The average Bonchev–Trinajstić information content (AvgIpc) is 3.09. The molecule has 0 aliphatic carbocycles. The van der Waals surface area contributed by atoms with Gasteiger partial charge in [-0.05, 0) is 34.9 Å². The number of halogens is 1. The molecule has 2 heterocycles. The fourth-order valence-electron chi connectivity index (χ4n) is 3.64. The van der Waals surface area contributed by atoms with Gasteiger partial charge in [0, 0.05) is 26.1 Å². The number of rotatable bonds is 3. The molecule has 2 aliphatic heterocycles. The zero-order valence-electron chi connectivity index (χ0n) is 14.0. The molecule has 1 unspecified atom stereocenters. The van der Waals surface area contributed by atoms with E-state index < -0.39 is 0 Å². The van der Waals surface area contributed by atoms with Gasteiger partial charge in [-0.2, -0.15) is 0 Å². The zero-order valence-corrected chi connectivity index (χ0v) is 14.0. The maximum atomic E-state index is 13.6. The van der Waals surface area contributed by atoms with E-state index in [0.29, 0.717) is 26.1 Å². The van der Waals surface area contributed by atoms with E-state index in [1.807, 2.05) is 23.1 Å². The summed E-state index contributed by atoms with van der Waals surface area (Å²) in [7, 11) is 0. The predicted molar refractivity (Wildman–Crippen MR) is 93.1 cm³/mol. The standard InChI is InChI=1S/C20H21FN2O2/c21-17-3-1-2-15(12-17)18-13-22-7-8-23(18)20(24)11-14-4-5-19-16(10-14)6-9-25-19/h1-5,10,12,18,22H,6-9,11,13H2. The van der Waals surface area contributed by atoms with Crippen molar-refractivity contribution in [2.24, 2.45) is 0 Å². The molecular weight excluding hydrogens is 319 g/mol. The van der Waals surface area contributed by atoms with Crippen molar-refractivity contribution >= 4 is 5.91 Å². The number of hydrogen-bond donors (Lipinski definition) is 1. The van der Waals surface area contributed by atoms with Gasteiger partial charge in [-0.15, -0.1) is 0 Å². The van der Waals surface area contributed by atoms with Crippen molar-refractivity contribution in [3.05, 3.63) is 65.0 Å². The lowest BCUT2D eigenvalue weighted by molar-refractivity contribution is -0.133. The van der Waals surface area contributed by atoms with E-state index in [4.69, 9.17) is 4.74 Å². The van der Waals surface area contributed by atoms with Gasteiger partial charge in [-0.3, -0.25) is 4.79 Å². The number of amides is 1. The summed E-state index contributed by atoms with van der Waals surface area (Å²) in [5, 5.41) is 3.30. The average molecular weight is 340 g/mol. The molecule has 0 spiro atoms. The van der Waals surface area contributed by atoms with Crippen LogP contribution in [0.5, 0.6) is 5.75 Å². The van der Waals surface area contributed by atoms with Crippen LogP contribution in [0.1, 0.15) is 22.7 Å². The molecule has 1 N–H and O–H groups in total. The molecular formula is C20H21FN2O2. The minimum Gasteiger partial charge on any atom is -0.493 e. The highest BCUT2D eigenvalue weighted by Gasteiger charge is 2.28. The first-order valence-corrected chi connectivity index (χ1v) is 8.71. The van der Waals surface area contributed by atoms with E-state index in [1.165, 1.54) is 17.7 Å². The lowest BCUT2D eigenvalue weighted by atomic mass is 10.0. The van der Waals surface area contributed by atoms with Gasteiger partial charge in [0.15, 0.2) is 0 Å². The predicted octanol–water partition coefficient (Wildman–Crippen LogP) is 2.48. The van der Waals surface area contributed by atoms with Crippen LogP contribution in [-0.4, -0.2) is 37.0 Å². The number of benzene rings is 2. The summed E-state index contributed by atoms with van der Waals surface area (Å²) < 4.78 is 19.1. The summed E-state index contributed by atoms with van der Waals surface area (Å²) in [5.74, 6) is 0.736. The van der Waals surface area contributed by atoms with Crippen LogP contribution < -0.4 is 10.1 Å². The van der Waals surface area contributed by atoms with Crippen LogP contribution in [0.3, 0.4) is 0 Å². The second-order valence-corrected chi connectivity index (χ2v) is 6.58. The number of nitrogens with zero attached hydrogens (tertiary/aromatic N) is 1. The van der Waals surface area contributed by atoms with Crippen molar-refractivity contribution in [1.29, 1.82) is 0 Å². The molecule has 2 aromatic rings. The summed E-state index contributed by atoms with van der Waals surface area (Å²) >= 11 is 0. The summed E-state index contributed by atoms with van der Waals surface area (Å²) in [5.41, 5.74) is 3.01.